The van der Waals surface area contributed by atoms with Crippen LogP contribution in [-0.2, 0) is 0 Å². The lowest BCUT2D eigenvalue weighted by Crippen LogP contribution is -2.52. The summed E-state index contributed by atoms with van der Waals surface area (Å²) in [5.74, 6) is 0.397. The molecule has 0 aliphatic carbocycles. The third-order valence-electron chi connectivity index (χ3n) is 6.29. The van der Waals surface area contributed by atoms with Crippen molar-refractivity contribution < 1.29 is 18.7 Å². The van der Waals surface area contributed by atoms with E-state index in [4.69, 9.17) is 4.74 Å². The molecule has 2 aliphatic heterocycles. The first kappa shape index (κ1) is 20.8. The number of halogens is 1. The van der Waals surface area contributed by atoms with E-state index in [0.29, 0.717) is 59.2 Å². The number of piperidine rings is 1. The molecule has 0 saturated carbocycles. The monoisotopic (exact) mass is 450 g/mol. The Morgan fingerprint density at radius 1 is 1.12 bits per heavy atom. The quantitative estimate of drug-likeness (QED) is 0.538. The van der Waals surface area contributed by atoms with Crippen molar-refractivity contribution in [1.29, 1.82) is 0 Å². The Balaban J connectivity index is 1.31. The third-order valence-corrected chi connectivity index (χ3v) is 7.48. The van der Waals surface area contributed by atoms with Gasteiger partial charge in [0.2, 0.25) is 0 Å². The number of ketones is 1. The van der Waals surface area contributed by atoms with E-state index in [9.17, 15) is 14.0 Å². The number of rotatable bonds is 2. The Morgan fingerprint density at radius 2 is 1.84 bits per heavy atom. The molecule has 2 aromatic carbocycles. The topological polar surface area (TPSA) is 59.5 Å². The lowest BCUT2D eigenvalue weighted by Gasteiger charge is -2.43. The summed E-state index contributed by atoms with van der Waals surface area (Å²) in [6.45, 7) is 4.84. The van der Waals surface area contributed by atoms with Gasteiger partial charge in [-0.15, -0.1) is 11.3 Å². The predicted octanol–water partition coefficient (Wildman–Crippen LogP) is 5.21. The number of aromatic nitrogens is 1. The van der Waals surface area contributed by atoms with Crippen molar-refractivity contribution in [2.45, 2.75) is 38.7 Å². The molecule has 164 valence electrons. The Morgan fingerprint density at radius 3 is 2.56 bits per heavy atom. The van der Waals surface area contributed by atoms with Crippen LogP contribution >= 0.6 is 11.3 Å². The number of amides is 1. The second-order valence-electron chi connectivity index (χ2n) is 8.62. The molecule has 0 atom stereocenters. The number of hydrogen-bond acceptors (Lipinski definition) is 5. The van der Waals surface area contributed by atoms with E-state index in [2.05, 4.69) is 4.98 Å². The van der Waals surface area contributed by atoms with Crippen LogP contribution in [0.25, 0.3) is 10.6 Å². The van der Waals surface area contributed by atoms with Gasteiger partial charge in [0, 0.05) is 31.5 Å². The molecule has 1 saturated heterocycles. The summed E-state index contributed by atoms with van der Waals surface area (Å²) in [4.78, 5) is 32.9. The number of nitrogens with zero attached hydrogens (tertiary/aromatic N) is 2. The van der Waals surface area contributed by atoms with Crippen molar-refractivity contribution in [3.63, 3.8) is 0 Å². The molecule has 3 aromatic rings. The largest absolute Gasteiger partial charge is 0.486 e. The highest BCUT2D eigenvalue weighted by Crippen LogP contribution is 2.40. The molecule has 1 aromatic heterocycles. The Kier molecular flexibility index (Phi) is 5.08. The molecule has 0 N–H and O–H groups in total. The van der Waals surface area contributed by atoms with Gasteiger partial charge in [0.25, 0.3) is 5.91 Å². The highest BCUT2D eigenvalue weighted by atomic mass is 32.1. The maximum absolute atomic E-state index is 13.2. The summed E-state index contributed by atoms with van der Waals surface area (Å²) in [6, 6.07) is 11.8. The molecule has 1 fully saturated rings. The number of benzene rings is 2. The van der Waals surface area contributed by atoms with Crippen LogP contribution in [-0.4, -0.2) is 40.3 Å². The zero-order valence-electron chi connectivity index (χ0n) is 18.0. The fourth-order valence-corrected chi connectivity index (χ4v) is 5.50. The minimum Gasteiger partial charge on any atom is -0.486 e. The van der Waals surface area contributed by atoms with Crippen LogP contribution in [0.5, 0.6) is 5.75 Å². The summed E-state index contributed by atoms with van der Waals surface area (Å²) in [7, 11) is 0. The van der Waals surface area contributed by atoms with E-state index in [-0.39, 0.29) is 17.5 Å². The van der Waals surface area contributed by atoms with Crippen LogP contribution in [0, 0.1) is 19.7 Å². The van der Waals surface area contributed by atoms with E-state index < -0.39 is 5.60 Å². The zero-order chi connectivity index (χ0) is 22.5. The number of ether oxygens (including phenoxy) is 1. The van der Waals surface area contributed by atoms with E-state index in [1.807, 2.05) is 36.9 Å². The molecule has 5 nitrogen and oxygen atoms in total. The van der Waals surface area contributed by atoms with Gasteiger partial charge in [-0.05, 0) is 50.2 Å². The molecule has 1 spiro atoms. The van der Waals surface area contributed by atoms with Crippen molar-refractivity contribution in [3.8, 4) is 16.3 Å². The van der Waals surface area contributed by atoms with Gasteiger partial charge in [0.1, 0.15) is 27.1 Å². The summed E-state index contributed by atoms with van der Waals surface area (Å²) in [6.07, 6.45) is 1.57. The first-order chi connectivity index (χ1) is 15.3. The fraction of sp³-hybridized carbons (Fsp3) is 0.320. The normalized spacial score (nSPS) is 17.2. The zero-order valence-corrected chi connectivity index (χ0v) is 18.8. The summed E-state index contributed by atoms with van der Waals surface area (Å²) < 4.78 is 19.5. The van der Waals surface area contributed by atoms with Gasteiger partial charge >= 0.3 is 0 Å². The van der Waals surface area contributed by atoms with E-state index in [0.717, 1.165) is 11.1 Å². The molecule has 0 radical (unpaired) electrons. The van der Waals surface area contributed by atoms with Crippen LogP contribution in [0.1, 0.15) is 50.5 Å². The average Bonchev–Trinajstić information content (AvgIpc) is 3.16. The SMILES string of the molecule is Cc1ccc2c(c1)C(=O)CC1(CCN(C(=O)c3sc(-c4ccc(F)cc4)nc3C)CC1)O2. The summed E-state index contributed by atoms with van der Waals surface area (Å²) in [5.41, 5.74) is 2.62. The number of likely N-dealkylation sites (tertiary alicyclic amines) is 1. The Bertz CT molecular complexity index is 1210. The number of fused-ring (bicyclic) bond motifs is 1. The molecular weight excluding hydrogens is 427 g/mol. The second-order valence-corrected chi connectivity index (χ2v) is 9.62. The lowest BCUT2D eigenvalue weighted by atomic mass is 9.82. The first-order valence-electron chi connectivity index (χ1n) is 10.7. The van der Waals surface area contributed by atoms with Crippen LogP contribution in [0.4, 0.5) is 4.39 Å². The number of carbonyl (C=O) groups excluding carboxylic acids is 2. The third kappa shape index (κ3) is 3.71. The molecule has 1 amide bonds. The van der Waals surface area contributed by atoms with Crippen LogP contribution in [0.2, 0.25) is 0 Å². The Labute approximate surface area is 189 Å². The smallest absolute Gasteiger partial charge is 0.265 e. The van der Waals surface area contributed by atoms with Crippen molar-refractivity contribution >= 4 is 23.0 Å². The van der Waals surface area contributed by atoms with Crippen molar-refractivity contribution in [1.82, 2.24) is 9.88 Å². The van der Waals surface area contributed by atoms with Gasteiger partial charge in [-0.1, -0.05) is 11.6 Å². The van der Waals surface area contributed by atoms with Crippen LogP contribution in [0.3, 0.4) is 0 Å². The maximum atomic E-state index is 13.2. The van der Waals surface area contributed by atoms with Crippen LogP contribution < -0.4 is 4.74 Å². The highest BCUT2D eigenvalue weighted by Gasteiger charge is 2.44. The van der Waals surface area contributed by atoms with Gasteiger partial charge in [-0.2, -0.15) is 0 Å². The number of aryl methyl sites for hydroxylation is 2. The highest BCUT2D eigenvalue weighted by molar-refractivity contribution is 7.17. The van der Waals surface area contributed by atoms with Gasteiger partial charge < -0.3 is 9.64 Å². The van der Waals surface area contributed by atoms with Gasteiger partial charge in [0.05, 0.1) is 17.7 Å². The molecule has 0 bridgehead atoms. The van der Waals surface area contributed by atoms with Gasteiger partial charge in [-0.3, -0.25) is 9.59 Å². The maximum Gasteiger partial charge on any atom is 0.265 e. The number of thiazole rings is 1. The number of hydrogen-bond donors (Lipinski definition) is 0. The minimum atomic E-state index is -0.544. The van der Waals surface area contributed by atoms with E-state index in [1.54, 1.807) is 12.1 Å². The van der Waals surface area contributed by atoms with E-state index >= 15 is 0 Å². The molecule has 32 heavy (non-hydrogen) atoms. The molecule has 7 heteroatoms. The van der Waals surface area contributed by atoms with Gasteiger partial charge in [0.15, 0.2) is 5.78 Å². The average molecular weight is 451 g/mol. The van der Waals surface area contributed by atoms with Crippen molar-refractivity contribution in [2.75, 3.05) is 13.1 Å². The molecular formula is C25H23FN2O3S. The molecule has 5 rings (SSSR count). The van der Waals surface area contributed by atoms with Crippen molar-refractivity contribution in [3.05, 3.63) is 70.0 Å². The number of carbonyl (C=O) groups is 2. The standard InChI is InChI=1S/C25H23FN2O3S/c1-15-3-8-21-19(13-15)20(29)14-25(31-21)9-11-28(12-10-25)24(30)22-16(2)27-23(32-22)17-4-6-18(26)7-5-17/h3-8,13H,9-12,14H2,1-2H3. The molecule has 3 heterocycles. The molecule has 0 unspecified atom stereocenters. The predicted molar refractivity (Wildman–Crippen MR) is 121 cm³/mol. The fourth-order valence-electron chi connectivity index (χ4n) is 4.46. The van der Waals surface area contributed by atoms with E-state index in [1.165, 1.54) is 23.5 Å². The molecule has 2 aliphatic rings. The van der Waals surface area contributed by atoms with Gasteiger partial charge in [-0.25, -0.2) is 9.37 Å². The van der Waals surface area contributed by atoms with Crippen LogP contribution in [0.15, 0.2) is 42.5 Å². The van der Waals surface area contributed by atoms with Crippen molar-refractivity contribution in [2.24, 2.45) is 0 Å². The first-order valence-corrected chi connectivity index (χ1v) is 11.5. The second kappa shape index (κ2) is 7.81. The summed E-state index contributed by atoms with van der Waals surface area (Å²) >= 11 is 1.33. The summed E-state index contributed by atoms with van der Waals surface area (Å²) in [5, 5.41) is 0.701. The Hall–Kier alpha value is -3.06. The lowest BCUT2D eigenvalue weighted by molar-refractivity contribution is -0.00562. The number of Topliss-reactive ketones (excluding diaryl/α,β-unsaturated/α-hetero) is 1. The minimum absolute atomic E-state index is 0.0543.